The van der Waals surface area contributed by atoms with Crippen LogP contribution in [0.2, 0.25) is 0 Å². The molecule has 0 bridgehead atoms. The van der Waals surface area contributed by atoms with E-state index in [1.807, 2.05) is 12.1 Å². The van der Waals surface area contributed by atoms with Crippen molar-refractivity contribution in [2.45, 2.75) is 12.8 Å². The van der Waals surface area contributed by atoms with Gasteiger partial charge in [-0.25, -0.2) is 0 Å². The molecular formula is C13H16N2O3S. The lowest BCUT2D eigenvalue weighted by molar-refractivity contribution is -0.127. The number of amides is 2. The molecule has 1 saturated heterocycles. The molecule has 1 aromatic carbocycles. The maximum absolute atomic E-state index is 11.6. The minimum atomic E-state index is -0.157. The minimum absolute atomic E-state index is 0.0945. The van der Waals surface area contributed by atoms with E-state index in [2.05, 4.69) is 0 Å². The molecule has 2 amide bonds. The molecule has 102 valence electrons. The van der Waals surface area contributed by atoms with Gasteiger partial charge in [0.1, 0.15) is 5.75 Å². The second-order valence-corrected chi connectivity index (χ2v) is 5.20. The summed E-state index contributed by atoms with van der Waals surface area (Å²) in [6.07, 6.45) is 1.04. The van der Waals surface area contributed by atoms with E-state index in [1.54, 1.807) is 12.1 Å². The fourth-order valence-corrected chi connectivity index (χ4v) is 2.57. The lowest BCUT2D eigenvalue weighted by atomic mass is 10.3. The molecule has 1 heterocycles. The number of nitrogens with zero attached hydrogens (tertiary/aromatic N) is 1. The fraction of sp³-hybridized carbons (Fsp3) is 0.385. The zero-order valence-electron chi connectivity index (χ0n) is 10.5. The van der Waals surface area contributed by atoms with Crippen LogP contribution in [0, 0.1) is 0 Å². The molecule has 19 heavy (non-hydrogen) atoms. The number of para-hydroxylation sites is 2. The normalized spacial score (nSPS) is 15.7. The lowest BCUT2D eigenvalue weighted by Gasteiger charge is -2.23. The van der Waals surface area contributed by atoms with Gasteiger partial charge >= 0.3 is 0 Å². The maximum Gasteiger partial charge on any atom is 0.288 e. The number of hydrogen-bond donors (Lipinski definition) is 1. The molecule has 0 aromatic heterocycles. The van der Waals surface area contributed by atoms with E-state index in [4.69, 9.17) is 10.5 Å². The summed E-state index contributed by atoms with van der Waals surface area (Å²) in [7, 11) is 0. The van der Waals surface area contributed by atoms with Gasteiger partial charge in [0.2, 0.25) is 5.91 Å². The zero-order chi connectivity index (χ0) is 13.7. The highest BCUT2D eigenvalue weighted by Crippen LogP contribution is 2.21. The van der Waals surface area contributed by atoms with Gasteiger partial charge in [-0.2, -0.15) is 0 Å². The fourth-order valence-electron chi connectivity index (χ4n) is 1.77. The molecule has 5 nitrogen and oxygen atoms in total. The Morgan fingerprint density at radius 1 is 1.32 bits per heavy atom. The van der Waals surface area contributed by atoms with E-state index >= 15 is 0 Å². The highest BCUT2D eigenvalue weighted by molar-refractivity contribution is 8.13. The van der Waals surface area contributed by atoms with Crippen molar-refractivity contribution in [1.82, 2.24) is 4.90 Å². The summed E-state index contributed by atoms with van der Waals surface area (Å²) in [5.41, 5.74) is 6.33. The van der Waals surface area contributed by atoms with E-state index in [0.717, 1.165) is 0 Å². The molecule has 2 N–H and O–H groups in total. The Hall–Kier alpha value is -1.69. The van der Waals surface area contributed by atoms with Gasteiger partial charge in [-0.3, -0.25) is 14.5 Å². The number of thioether (sulfide) groups is 1. The van der Waals surface area contributed by atoms with Crippen molar-refractivity contribution in [2.24, 2.45) is 0 Å². The van der Waals surface area contributed by atoms with Crippen LogP contribution in [0.25, 0.3) is 0 Å². The largest absolute Gasteiger partial charge is 0.491 e. The number of ether oxygens (including phenoxy) is 1. The predicted molar refractivity (Wildman–Crippen MR) is 75.2 cm³/mol. The van der Waals surface area contributed by atoms with Crippen molar-refractivity contribution >= 4 is 28.6 Å². The predicted octanol–water partition coefficient (Wildman–Crippen LogP) is 2.12. The number of benzene rings is 1. The Labute approximate surface area is 116 Å². The third-order valence-electron chi connectivity index (χ3n) is 2.77. The number of nitrogen functional groups attached to an aromatic ring is 1. The van der Waals surface area contributed by atoms with Crippen LogP contribution in [-0.2, 0) is 4.79 Å². The minimum Gasteiger partial charge on any atom is -0.491 e. The van der Waals surface area contributed by atoms with Crippen molar-refractivity contribution in [2.75, 3.05) is 24.6 Å². The quantitative estimate of drug-likeness (QED) is 0.660. The van der Waals surface area contributed by atoms with Crippen LogP contribution >= 0.6 is 11.8 Å². The van der Waals surface area contributed by atoms with Crippen LogP contribution in [0.1, 0.15) is 12.8 Å². The van der Waals surface area contributed by atoms with Gasteiger partial charge in [0.05, 0.1) is 12.3 Å². The van der Waals surface area contributed by atoms with Crippen molar-refractivity contribution in [3.8, 4) is 5.75 Å². The number of carbonyl (C=O) groups is 2. The van der Waals surface area contributed by atoms with Crippen molar-refractivity contribution in [1.29, 1.82) is 0 Å². The molecule has 6 heteroatoms. The summed E-state index contributed by atoms with van der Waals surface area (Å²) in [4.78, 5) is 24.4. The molecule has 1 fully saturated rings. The summed E-state index contributed by atoms with van der Waals surface area (Å²) >= 11 is 1.19. The van der Waals surface area contributed by atoms with Crippen LogP contribution in [0.3, 0.4) is 0 Å². The molecule has 1 aromatic rings. The molecule has 0 unspecified atom stereocenters. The Bertz CT molecular complexity index is 463. The van der Waals surface area contributed by atoms with Crippen LogP contribution in [0.4, 0.5) is 10.5 Å². The van der Waals surface area contributed by atoms with Crippen molar-refractivity contribution < 1.29 is 14.3 Å². The maximum atomic E-state index is 11.6. The average molecular weight is 280 g/mol. The molecule has 0 atom stereocenters. The summed E-state index contributed by atoms with van der Waals surface area (Å²) in [6.45, 7) is 0.827. The van der Waals surface area contributed by atoms with E-state index in [1.165, 1.54) is 16.7 Å². The third kappa shape index (κ3) is 3.64. The average Bonchev–Trinajstić information content (AvgIpc) is 2.39. The Kier molecular flexibility index (Phi) is 4.68. The smallest absolute Gasteiger partial charge is 0.288 e. The highest BCUT2D eigenvalue weighted by atomic mass is 32.2. The first-order chi connectivity index (χ1) is 9.18. The number of hydrogen-bond acceptors (Lipinski definition) is 5. The zero-order valence-corrected chi connectivity index (χ0v) is 11.3. The molecule has 1 aliphatic heterocycles. The van der Waals surface area contributed by atoms with Crippen LogP contribution in [0.15, 0.2) is 24.3 Å². The SMILES string of the molecule is Nc1ccccc1OCCCN1C(=O)CCSC1=O. The van der Waals surface area contributed by atoms with Gasteiger partial charge < -0.3 is 10.5 Å². The van der Waals surface area contributed by atoms with Gasteiger partial charge in [-0.05, 0) is 18.6 Å². The van der Waals surface area contributed by atoms with Crippen LogP contribution in [-0.4, -0.2) is 35.0 Å². The Morgan fingerprint density at radius 2 is 2.11 bits per heavy atom. The number of anilines is 1. The molecule has 1 aliphatic rings. The third-order valence-corrected chi connectivity index (χ3v) is 3.64. The first-order valence-corrected chi connectivity index (χ1v) is 7.11. The second-order valence-electron chi connectivity index (χ2n) is 4.15. The molecule has 0 aliphatic carbocycles. The van der Waals surface area contributed by atoms with Crippen LogP contribution in [0.5, 0.6) is 5.75 Å². The molecule has 0 radical (unpaired) electrons. The summed E-state index contributed by atoms with van der Waals surface area (Å²) < 4.78 is 5.52. The van der Waals surface area contributed by atoms with E-state index < -0.39 is 0 Å². The van der Waals surface area contributed by atoms with Gasteiger partial charge in [-0.15, -0.1) is 0 Å². The topological polar surface area (TPSA) is 72.6 Å². The lowest BCUT2D eigenvalue weighted by Crippen LogP contribution is -2.39. The number of imide groups is 1. The summed E-state index contributed by atoms with van der Waals surface area (Å²) in [6, 6.07) is 7.25. The van der Waals surface area contributed by atoms with Crippen molar-refractivity contribution in [3.63, 3.8) is 0 Å². The van der Waals surface area contributed by atoms with E-state index in [9.17, 15) is 9.59 Å². The van der Waals surface area contributed by atoms with Gasteiger partial charge in [0, 0.05) is 18.7 Å². The number of carbonyl (C=O) groups excluding carboxylic acids is 2. The second kappa shape index (κ2) is 6.47. The van der Waals surface area contributed by atoms with E-state index in [0.29, 0.717) is 43.2 Å². The first kappa shape index (κ1) is 13.7. The number of rotatable bonds is 5. The van der Waals surface area contributed by atoms with Gasteiger partial charge in [0.25, 0.3) is 5.24 Å². The summed E-state index contributed by atoms with van der Waals surface area (Å²) in [5.74, 6) is 1.13. The monoisotopic (exact) mass is 280 g/mol. The number of nitrogens with two attached hydrogens (primary N) is 1. The standard InChI is InChI=1S/C13H16N2O3S/c14-10-4-1-2-5-11(10)18-8-3-7-15-12(16)6-9-19-13(15)17/h1-2,4-5H,3,6-9,14H2. The Balaban J connectivity index is 1.76. The molecular weight excluding hydrogens is 264 g/mol. The van der Waals surface area contributed by atoms with Crippen molar-refractivity contribution in [3.05, 3.63) is 24.3 Å². The van der Waals surface area contributed by atoms with Crippen LogP contribution < -0.4 is 10.5 Å². The van der Waals surface area contributed by atoms with E-state index in [-0.39, 0.29) is 11.1 Å². The Morgan fingerprint density at radius 3 is 2.84 bits per heavy atom. The van der Waals surface area contributed by atoms with Gasteiger partial charge in [0.15, 0.2) is 0 Å². The van der Waals surface area contributed by atoms with Gasteiger partial charge in [-0.1, -0.05) is 23.9 Å². The summed E-state index contributed by atoms with van der Waals surface area (Å²) in [5, 5.41) is -0.157. The molecule has 0 spiro atoms. The molecule has 2 rings (SSSR count). The molecule has 0 saturated carbocycles. The highest BCUT2D eigenvalue weighted by Gasteiger charge is 2.25. The first-order valence-electron chi connectivity index (χ1n) is 6.13.